The molecular weight excluding hydrogens is 293 g/mol. The summed E-state index contributed by atoms with van der Waals surface area (Å²) >= 11 is 0. The maximum absolute atomic E-state index is 12.9. The first-order chi connectivity index (χ1) is 11.2. The Kier molecular flexibility index (Phi) is 5.41. The van der Waals surface area contributed by atoms with Crippen LogP contribution in [0.3, 0.4) is 0 Å². The molecule has 1 aromatic carbocycles. The summed E-state index contributed by atoms with van der Waals surface area (Å²) in [6.45, 7) is 6.63. The average molecular weight is 317 g/mol. The van der Waals surface area contributed by atoms with Gasteiger partial charge < -0.3 is 4.74 Å². The molecule has 2 heterocycles. The van der Waals surface area contributed by atoms with E-state index in [0.29, 0.717) is 12.7 Å². The van der Waals surface area contributed by atoms with Gasteiger partial charge in [0, 0.05) is 37.9 Å². The lowest BCUT2D eigenvalue weighted by Crippen LogP contribution is -2.36. The van der Waals surface area contributed by atoms with Crippen molar-refractivity contribution in [2.45, 2.75) is 45.6 Å². The highest BCUT2D eigenvalue weighted by Gasteiger charge is 2.20. The number of nitrogens with zero attached hydrogens (tertiary/aromatic N) is 3. The van der Waals surface area contributed by atoms with Gasteiger partial charge in [-0.1, -0.05) is 12.1 Å². The van der Waals surface area contributed by atoms with Gasteiger partial charge in [-0.2, -0.15) is 5.10 Å². The smallest absolute Gasteiger partial charge is 0.123 e. The summed E-state index contributed by atoms with van der Waals surface area (Å²) in [6.07, 6.45) is 6.47. The minimum atomic E-state index is -0.201. The van der Waals surface area contributed by atoms with Gasteiger partial charge in [-0.25, -0.2) is 4.39 Å². The number of rotatable bonds is 6. The normalized spacial score (nSPS) is 16.8. The zero-order chi connectivity index (χ0) is 16.1. The van der Waals surface area contributed by atoms with Crippen LogP contribution in [0.15, 0.2) is 36.7 Å². The lowest BCUT2D eigenvalue weighted by Gasteiger charge is -2.31. The summed E-state index contributed by atoms with van der Waals surface area (Å²) in [7, 11) is 0. The molecule has 4 nitrogen and oxygen atoms in total. The SMILES string of the molecule is CCn1cc(CN2CCC(OCc3ccc(F)cc3)CC2)cn1. The molecule has 1 aromatic heterocycles. The first-order valence-corrected chi connectivity index (χ1v) is 8.32. The van der Waals surface area contributed by atoms with Crippen LogP contribution in [0.2, 0.25) is 0 Å². The van der Waals surface area contributed by atoms with E-state index in [1.165, 1.54) is 17.7 Å². The molecule has 23 heavy (non-hydrogen) atoms. The topological polar surface area (TPSA) is 30.3 Å². The van der Waals surface area contributed by atoms with Gasteiger partial charge in [0.05, 0.1) is 18.9 Å². The standard InChI is InChI=1S/C18H24FN3O/c1-2-22-13-16(11-20-22)12-21-9-7-18(8-10-21)23-14-15-3-5-17(19)6-4-15/h3-6,11,13,18H,2,7-10,12,14H2,1H3. The van der Waals surface area contributed by atoms with E-state index in [9.17, 15) is 4.39 Å². The summed E-state index contributed by atoms with van der Waals surface area (Å²) < 4.78 is 20.8. The van der Waals surface area contributed by atoms with E-state index in [-0.39, 0.29) is 5.82 Å². The minimum Gasteiger partial charge on any atom is -0.373 e. The highest BCUT2D eigenvalue weighted by Crippen LogP contribution is 2.17. The lowest BCUT2D eigenvalue weighted by atomic mass is 10.1. The van der Waals surface area contributed by atoms with Crippen LogP contribution in [-0.2, 0) is 24.4 Å². The van der Waals surface area contributed by atoms with Gasteiger partial charge in [0.25, 0.3) is 0 Å². The maximum atomic E-state index is 12.9. The van der Waals surface area contributed by atoms with Crippen molar-refractivity contribution in [2.75, 3.05) is 13.1 Å². The second-order valence-electron chi connectivity index (χ2n) is 6.12. The third-order valence-electron chi connectivity index (χ3n) is 4.35. The van der Waals surface area contributed by atoms with Crippen molar-refractivity contribution in [1.82, 2.24) is 14.7 Å². The second-order valence-corrected chi connectivity index (χ2v) is 6.12. The van der Waals surface area contributed by atoms with E-state index < -0.39 is 0 Å². The van der Waals surface area contributed by atoms with Crippen molar-refractivity contribution in [3.63, 3.8) is 0 Å². The van der Waals surface area contributed by atoms with Crippen LogP contribution >= 0.6 is 0 Å². The monoisotopic (exact) mass is 317 g/mol. The molecule has 0 radical (unpaired) electrons. The summed E-state index contributed by atoms with van der Waals surface area (Å²) in [4.78, 5) is 2.45. The number of likely N-dealkylation sites (tertiary alicyclic amines) is 1. The fraction of sp³-hybridized carbons (Fsp3) is 0.500. The zero-order valence-corrected chi connectivity index (χ0v) is 13.6. The zero-order valence-electron chi connectivity index (χ0n) is 13.6. The molecule has 5 heteroatoms. The Bertz CT molecular complexity index is 603. The molecule has 1 fully saturated rings. The van der Waals surface area contributed by atoms with E-state index >= 15 is 0 Å². The van der Waals surface area contributed by atoms with Crippen LogP contribution in [0, 0.1) is 5.82 Å². The number of hydrogen-bond acceptors (Lipinski definition) is 3. The van der Waals surface area contributed by atoms with Crippen molar-refractivity contribution >= 4 is 0 Å². The van der Waals surface area contributed by atoms with Gasteiger partial charge in [-0.05, 0) is 37.5 Å². The van der Waals surface area contributed by atoms with Crippen LogP contribution in [-0.4, -0.2) is 33.9 Å². The van der Waals surface area contributed by atoms with E-state index in [1.54, 1.807) is 12.1 Å². The number of ether oxygens (including phenoxy) is 1. The quantitative estimate of drug-likeness (QED) is 0.819. The van der Waals surface area contributed by atoms with Crippen LogP contribution in [0.4, 0.5) is 4.39 Å². The Labute approximate surface area is 136 Å². The van der Waals surface area contributed by atoms with E-state index in [1.807, 2.05) is 10.9 Å². The van der Waals surface area contributed by atoms with Gasteiger partial charge in [0.2, 0.25) is 0 Å². The van der Waals surface area contributed by atoms with Crippen molar-refractivity contribution < 1.29 is 9.13 Å². The molecule has 2 aromatic rings. The first-order valence-electron chi connectivity index (χ1n) is 8.32. The van der Waals surface area contributed by atoms with Gasteiger partial charge in [-0.3, -0.25) is 9.58 Å². The molecule has 0 N–H and O–H groups in total. The van der Waals surface area contributed by atoms with Crippen LogP contribution in [0.25, 0.3) is 0 Å². The molecule has 0 unspecified atom stereocenters. The Morgan fingerprint density at radius 3 is 2.57 bits per heavy atom. The molecule has 0 atom stereocenters. The van der Waals surface area contributed by atoms with Crippen molar-refractivity contribution in [2.24, 2.45) is 0 Å². The van der Waals surface area contributed by atoms with Gasteiger partial charge >= 0.3 is 0 Å². The fourth-order valence-electron chi connectivity index (χ4n) is 2.95. The van der Waals surface area contributed by atoms with E-state index in [4.69, 9.17) is 4.74 Å². The predicted molar refractivity (Wildman–Crippen MR) is 87.4 cm³/mol. The molecule has 0 spiro atoms. The fourth-order valence-corrected chi connectivity index (χ4v) is 2.95. The van der Waals surface area contributed by atoms with Crippen molar-refractivity contribution in [1.29, 1.82) is 0 Å². The summed E-state index contributed by atoms with van der Waals surface area (Å²) in [5.74, 6) is -0.201. The lowest BCUT2D eigenvalue weighted by molar-refractivity contribution is -0.00396. The van der Waals surface area contributed by atoms with Gasteiger partial charge in [0.15, 0.2) is 0 Å². The van der Waals surface area contributed by atoms with Crippen molar-refractivity contribution in [3.8, 4) is 0 Å². The van der Waals surface area contributed by atoms with Gasteiger partial charge in [0.1, 0.15) is 5.82 Å². The number of aromatic nitrogens is 2. The average Bonchev–Trinajstić information content (AvgIpc) is 3.03. The second kappa shape index (κ2) is 7.70. The molecule has 0 saturated carbocycles. The maximum Gasteiger partial charge on any atom is 0.123 e. The Hall–Kier alpha value is -1.72. The Balaban J connectivity index is 1.40. The Morgan fingerprint density at radius 1 is 1.17 bits per heavy atom. The molecule has 0 aliphatic carbocycles. The van der Waals surface area contributed by atoms with Crippen molar-refractivity contribution in [3.05, 3.63) is 53.6 Å². The number of halogens is 1. The Morgan fingerprint density at radius 2 is 1.91 bits per heavy atom. The number of piperidine rings is 1. The molecular formula is C18H24FN3O. The molecule has 0 amide bonds. The molecule has 1 aliphatic rings. The van der Waals surface area contributed by atoms with Crippen LogP contribution in [0.1, 0.15) is 30.9 Å². The number of aryl methyl sites for hydroxylation is 1. The largest absolute Gasteiger partial charge is 0.373 e. The van der Waals surface area contributed by atoms with Crippen LogP contribution in [0.5, 0.6) is 0 Å². The molecule has 124 valence electrons. The van der Waals surface area contributed by atoms with Crippen LogP contribution < -0.4 is 0 Å². The summed E-state index contributed by atoms with van der Waals surface area (Å²) in [5, 5.41) is 4.32. The third kappa shape index (κ3) is 4.62. The predicted octanol–water partition coefficient (Wildman–Crippen LogP) is 3.22. The highest BCUT2D eigenvalue weighted by atomic mass is 19.1. The van der Waals surface area contributed by atoms with E-state index in [0.717, 1.165) is 44.6 Å². The third-order valence-corrected chi connectivity index (χ3v) is 4.35. The summed E-state index contributed by atoms with van der Waals surface area (Å²) in [6, 6.07) is 6.54. The number of hydrogen-bond donors (Lipinski definition) is 0. The van der Waals surface area contributed by atoms with Gasteiger partial charge in [-0.15, -0.1) is 0 Å². The first kappa shape index (κ1) is 16.1. The minimum absolute atomic E-state index is 0.201. The van der Waals surface area contributed by atoms with E-state index in [2.05, 4.69) is 23.1 Å². The molecule has 1 aliphatic heterocycles. The highest BCUT2D eigenvalue weighted by molar-refractivity contribution is 5.15. The molecule has 3 rings (SSSR count). The number of benzene rings is 1. The summed E-state index contributed by atoms with van der Waals surface area (Å²) in [5.41, 5.74) is 2.30. The molecule has 0 bridgehead atoms. The molecule has 1 saturated heterocycles.